The summed E-state index contributed by atoms with van der Waals surface area (Å²) in [6.45, 7) is 8.62. The van der Waals surface area contributed by atoms with Crippen LogP contribution in [-0.2, 0) is 17.6 Å². The number of amides is 1. The Labute approximate surface area is 184 Å². The minimum absolute atomic E-state index is 0.0946. The maximum Gasteiger partial charge on any atom is 0.257 e. The van der Waals surface area contributed by atoms with Gasteiger partial charge in [-0.2, -0.15) is 0 Å². The zero-order valence-electron chi connectivity index (χ0n) is 18.6. The van der Waals surface area contributed by atoms with Crippen molar-refractivity contribution in [3.05, 3.63) is 83.2 Å². The second kappa shape index (κ2) is 10.7. The molecule has 0 spiro atoms. The smallest absolute Gasteiger partial charge is 0.257 e. The number of anilines is 1. The fourth-order valence-electron chi connectivity index (χ4n) is 3.46. The quantitative estimate of drug-likeness (QED) is 0.465. The summed E-state index contributed by atoms with van der Waals surface area (Å²) >= 11 is 0. The minimum atomic E-state index is -0.194. The van der Waals surface area contributed by atoms with Crippen molar-refractivity contribution >= 4 is 11.6 Å². The summed E-state index contributed by atoms with van der Waals surface area (Å²) in [5.74, 6) is 1.31. The molecule has 0 bridgehead atoms. The highest BCUT2D eigenvalue weighted by Crippen LogP contribution is 2.27. The number of carbonyl (C=O) groups excluding carboxylic acids is 1. The first kappa shape index (κ1) is 22.5. The Balaban J connectivity index is 1.70. The molecule has 3 aromatic rings. The highest BCUT2D eigenvalue weighted by Gasteiger charge is 2.13. The molecule has 1 aromatic heterocycles. The van der Waals surface area contributed by atoms with Crippen molar-refractivity contribution < 1.29 is 14.3 Å². The molecule has 0 aliphatic heterocycles. The van der Waals surface area contributed by atoms with Crippen LogP contribution in [0, 0.1) is 6.92 Å². The number of aromatic nitrogens is 1. The number of hydrogen-bond acceptors (Lipinski definition) is 4. The number of nitrogens with zero attached hydrogens (tertiary/aromatic N) is 1. The molecule has 1 amide bonds. The second-order valence-electron chi connectivity index (χ2n) is 7.45. The number of hydrogen-bond donors (Lipinski definition) is 1. The van der Waals surface area contributed by atoms with E-state index >= 15 is 0 Å². The number of carbonyl (C=O) groups is 1. The van der Waals surface area contributed by atoms with Gasteiger partial charge in [0.2, 0.25) is 0 Å². The highest BCUT2D eigenvalue weighted by molar-refractivity contribution is 6.05. The van der Waals surface area contributed by atoms with E-state index in [1.165, 1.54) is 0 Å². The molecule has 0 aliphatic rings. The number of aryl methyl sites for hydroxylation is 2. The van der Waals surface area contributed by atoms with E-state index in [2.05, 4.69) is 23.3 Å². The van der Waals surface area contributed by atoms with Gasteiger partial charge < -0.3 is 14.8 Å². The lowest BCUT2D eigenvalue weighted by Gasteiger charge is -2.13. The first-order valence-electron chi connectivity index (χ1n) is 10.8. The van der Waals surface area contributed by atoms with E-state index in [0.717, 1.165) is 29.8 Å². The molecule has 0 saturated heterocycles. The lowest BCUT2D eigenvalue weighted by Crippen LogP contribution is -2.16. The molecule has 0 aliphatic carbocycles. The van der Waals surface area contributed by atoms with E-state index in [1.807, 2.05) is 75.4 Å². The van der Waals surface area contributed by atoms with Crippen LogP contribution in [0.5, 0.6) is 11.5 Å². The first-order chi connectivity index (χ1) is 15.0. The Morgan fingerprint density at radius 3 is 2.61 bits per heavy atom. The molecule has 1 heterocycles. The molecule has 2 aromatic carbocycles. The van der Waals surface area contributed by atoms with Gasteiger partial charge in [0.25, 0.3) is 5.91 Å². The predicted molar refractivity (Wildman–Crippen MR) is 124 cm³/mol. The summed E-state index contributed by atoms with van der Waals surface area (Å²) in [7, 11) is 0. The number of ether oxygens (including phenoxy) is 2. The van der Waals surface area contributed by atoms with Gasteiger partial charge in [-0.05, 0) is 63.1 Å². The molecule has 3 rings (SSSR count). The maximum atomic E-state index is 12.8. The standard InChI is InChI=1S/C26H30N2O3/c1-5-20-10-7-8-13-25(20)31-23-12-9-11-21(17-23)28-26(29)24-15-14-22(27-19(24)4)16-18(3)30-6-2/h7-15,17-18H,5-6,16H2,1-4H3,(H,28,29). The Hall–Kier alpha value is -3.18. The Kier molecular flexibility index (Phi) is 7.79. The third-order valence-corrected chi connectivity index (χ3v) is 5.01. The molecule has 0 saturated carbocycles. The van der Waals surface area contributed by atoms with Crippen molar-refractivity contribution in [1.29, 1.82) is 0 Å². The third kappa shape index (κ3) is 6.15. The number of nitrogens with one attached hydrogen (secondary N) is 1. The van der Waals surface area contributed by atoms with Gasteiger partial charge in [0.05, 0.1) is 17.4 Å². The summed E-state index contributed by atoms with van der Waals surface area (Å²) in [6, 6.07) is 19.1. The number of para-hydroxylation sites is 1. The summed E-state index contributed by atoms with van der Waals surface area (Å²) in [5.41, 5.74) is 3.97. The second-order valence-corrected chi connectivity index (χ2v) is 7.45. The van der Waals surface area contributed by atoms with E-state index < -0.39 is 0 Å². The van der Waals surface area contributed by atoms with Gasteiger partial charge in [0.1, 0.15) is 11.5 Å². The van der Waals surface area contributed by atoms with E-state index in [-0.39, 0.29) is 12.0 Å². The fraction of sp³-hybridized carbons (Fsp3) is 0.308. The molecule has 5 nitrogen and oxygen atoms in total. The monoisotopic (exact) mass is 418 g/mol. The van der Waals surface area contributed by atoms with Gasteiger partial charge in [-0.15, -0.1) is 0 Å². The van der Waals surface area contributed by atoms with Crippen LogP contribution in [0.15, 0.2) is 60.7 Å². The van der Waals surface area contributed by atoms with Crippen molar-refractivity contribution in [2.45, 2.75) is 46.6 Å². The van der Waals surface area contributed by atoms with E-state index in [0.29, 0.717) is 29.3 Å². The highest BCUT2D eigenvalue weighted by atomic mass is 16.5. The molecule has 1 N–H and O–H groups in total. The van der Waals surface area contributed by atoms with Crippen molar-refractivity contribution in [2.24, 2.45) is 0 Å². The zero-order chi connectivity index (χ0) is 22.2. The lowest BCUT2D eigenvalue weighted by molar-refractivity contribution is 0.0761. The van der Waals surface area contributed by atoms with Crippen LogP contribution < -0.4 is 10.1 Å². The van der Waals surface area contributed by atoms with Gasteiger partial charge in [0, 0.05) is 30.5 Å². The molecule has 31 heavy (non-hydrogen) atoms. The van der Waals surface area contributed by atoms with E-state index in [9.17, 15) is 4.79 Å². The maximum absolute atomic E-state index is 12.8. The Morgan fingerprint density at radius 2 is 1.87 bits per heavy atom. The molecule has 162 valence electrons. The van der Waals surface area contributed by atoms with Crippen LogP contribution >= 0.6 is 0 Å². The third-order valence-electron chi connectivity index (χ3n) is 5.01. The largest absolute Gasteiger partial charge is 0.457 e. The number of pyridine rings is 1. The number of benzene rings is 2. The molecular formula is C26H30N2O3. The summed E-state index contributed by atoms with van der Waals surface area (Å²) in [5, 5.41) is 2.95. The van der Waals surface area contributed by atoms with Gasteiger partial charge in [0.15, 0.2) is 0 Å². The van der Waals surface area contributed by atoms with Crippen LogP contribution in [-0.4, -0.2) is 23.6 Å². The van der Waals surface area contributed by atoms with Gasteiger partial charge >= 0.3 is 0 Å². The first-order valence-corrected chi connectivity index (χ1v) is 10.8. The van der Waals surface area contributed by atoms with Crippen LogP contribution in [0.1, 0.15) is 48.1 Å². The van der Waals surface area contributed by atoms with Crippen LogP contribution in [0.4, 0.5) is 5.69 Å². The van der Waals surface area contributed by atoms with Crippen LogP contribution in [0.2, 0.25) is 0 Å². The van der Waals surface area contributed by atoms with Crippen molar-refractivity contribution in [2.75, 3.05) is 11.9 Å². The zero-order valence-corrected chi connectivity index (χ0v) is 18.6. The van der Waals surface area contributed by atoms with Crippen LogP contribution in [0.25, 0.3) is 0 Å². The SMILES string of the molecule is CCOC(C)Cc1ccc(C(=O)Nc2cccc(Oc3ccccc3CC)c2)c(C)n1. The van der Waals surface area contributed by atoms with Crippen molar-refractivity contribution in [3.63, 3.8) is 0 Å². The Morgan fingerprint density at radius 1 is 1.06 bits per heavy atom. The normalized spacial score (nSPS) is 11.7. The molecule has 1 unspecified atom stereocenters. The fourth-order valence-corrected chi connectivity index (χ4v) is 3.46. The average molecular weight is 419 g/mol. The van der Waals surface area contributed by atoms with Gasteiger partial charge in [-0.1, -0.05) is 31.2 Å². The van der Waals surface area contributed by atoms with Gasteiger partial charge in [-0.3, -0.25) is 9.78 Å². The minimum Gasteiger partial charge on any atom is -0.457 e. The Bertz CT molecular complexity index is 1030. The van der Waals surface area contributed by atoms with Crippen molar-refractivity contribution in [3.8, 4) is 11.5 Å². The number of rotatable bonds is 9. The van der Waals surface area contributed by atoms with Crippen molar-refractivity contribution in [1.82, 2.24) is 4.98 Å². The molecular weight excluding hydrogens is 388 g/mol. The lowest BCUT2D eigenvalue weighted by atomic mass is 10.1. The summed E-state index contributed by atoms with van der Waals surface area (Å²) < 4.78 is 11.6. The molecule has 0 radical (unpaired) electrons. The topological polar surface area (TPSA) is 60.5 Å². The summed E-state index contributed by atoms with van der Waals surface area (Å²) in [4.78, 5) is 17.4. The summed E-state index contributed by atoms with van der Waals surface area (Å²) in [6.07, 6.45) is 1.70. The molecule has 1 atom stereocenters. The average Bonchev–Trinajstić information content (AvgIpc) is 2.74. The van der Waals surface area contributed by atoms with Gasteiger partial charge in [-0.25, -0.2) is 0 Å². The van der Waals surface area contributed by atoms with E-state index in [4.69, 9.17) is 9.47 Å². The predicted octanol–water partition coefficient (Wildman–Crippen LogP) is 5.96. The van der Waals surface area contributed by atoms with E-state index in [1.54, 1.807) is 0 Å². The molecule has 0 fully saturated rings. The molecule has 5 heteroatoms. The van der Waals surface area contributed by atoms with Crippen LogP contribution in [0.3, 0.4) is 0 Å².